The van der Waals surface area contributed by atoms with Crippen LogP contribution in [0, 0.1) is 6.92 Å². The molecule has 116 valence electrons. The first-order valence-electron chi connectivity index (χ1n) is 7.30. The van der Waals surface area contributed by atoms with Gasteiger partial charge in [-0.1, -0.05) is 0 Å². The molecule has 3 heterocycles. The zero-order chi connectivity index (χ0) is 14.7. The van der Waals surface area contributed by atoms with Crippen LogP contribution in [0.4, 0.5) is 5.69 Å². The predicted molar refractivity (Wildman–Crippen MR) is 76.1 cm³/mol. The predicted octanol–water partition coefficient (Wildman–Crippen LogP) is 0.701. The summed E-state index contributed by atoms with van der Waals surface area (Å²) in [6, 6.07) is 1.80. The van der Waals surface area contributed by atoms with Crippen LogP contribution in [0.5, 0.6) is 0 Å². The summed E-state index contributed by atoms with van der Waals surface area (Å²) in [7, 11) is 0. The van der Waals surface area contributed by atoms with Crippen molar-refractivity contribution in [2.24, 2.45) is 0 Å². The van der Waals surface area contributed by atoms with Crippen molar-refractivity contribution >= 4 is 12.0 Å². The molecule has 0 aliphatic carbocycles. The highest BCUT2D eigenvalue weighted by Gasteiger charge is 2.29. The molecule has 2 saturated heterocycles. The zero-order valence-corrected chi connectivity index (χ0v) is 12.3. The fraction of sp³-hybridized carbons (Fsp3) is 0.643. The molecule has 2 aliphatic heterocycles. The molecular formula is C14H21N3O4. The smallest absolute Gasteiger partial charge is 0.185 e. The molecule has 0 amide bonds. The summed E-state index contributed by atoms with van der Waals surface area (Å²) in [6.07, 6.45) is 0.743. The van der Waals surface area contributed by atoms with Crippen LogP contribution in [0.15, 0.2) is 10.5 Å². The van der Waals surface area contributed by atoms with Gasteiger partial charge in [-0.05, 0) is 6.92 Å². The molecule has 2 aliphatic rings. The van der Waals surface area contributed by atoms with Gasteiger partial charge in [0.15, 0.2) is 12.0 Å². The number of aldehydes is 1. The number of carbonyl (C=O) groups is 1. The number of hydrogen-bond acceptors (Lipinski definition) is 7. The minimum atomic E-state index is 0.356. The maximum atomic E-state index is 11.0. The lowest BCUT2D eigenvalue weighted by molar-refractivity contribution is -0.0391. The average Bonchev–Trinajstić information content (AvgIpc) is 2.91. The van der Waals surface area contributed by atoms with Crippen LogP contribution in [0.1, 0.15) is 16.3 Å². The third-order valence-corrected chi connectivity index (χ3v) is 3.75. The first kappa shape index (κ1) is 14.5. The summed E-state index contributed by atoms with van der Waals surface area (Å²) in [5.41, 5.74) is 0.918. The number of rotatable bonds is 4. The van der Waals surface area contributed by atoms with Crippen LogP contribution < -0.4 is 5.12 Å². The van der Waals surface area contributed by atoms with Crippen molar-refractivity contribution in [1.29, 1.82) is 0 Å². The highest BCUT2D eigenvalue weighted by atomic mass is 16.5. The van der Waals surface area contributed by atoms with Crippen molar-refractivity contribution in [2.75, 3.05) is 57.7 Å². The molecule has 0 bridgehead atoms. The fourth-order valence-corrected chi connectivity index (χ4v) is 2.72. The summed E-state index contributed by atoms with van der Waals surface area (Å²) in [5.74, 6) is 1.10. The quantitative estimate of drug-likeness (QED) is 0.758. The molecule has 3 rings (SSSR count). The van der Waals surface area contributed by atoms with Crippen LogP contribution >= 0.6 is 0 Å². The summed E-state index contributed by atoms with van der Waals surface area (Å²) in [6.45, 7) is 7.98. The maximum Gasteiger partial charge on any atom is 0.185 e. The Balaban J connectivity index is 1.89. The summed E-state index contributed by atoms with van der Waals surface area (Å²) >= 11 is 0. The molecular weight excluding hydrogens is 274 g/mol. The molecule has 0 unspecified atom stereocenters. The van der Waals surface area contributed by atoms with Gasteiger partial charge in [0.1, 0.15) is 11.4 Å². The number of ether oxygens (including phenoxy) is 2. The van der Waals surface area contributed by atoms with E-state index in [1.807, 2.05) is 6.92 Å². The Kier molecular flexibility index (Phi) is 4.54. The molecule has 2 fully saturated rings. The van der Waals surface area contributed by atoms with E-state index in [1.54, 1.807) is 6.07 Å². The Labute approximate surface area is 123 Å². The van der Waals surface area contributed by atoms with Gasteiger partial charge in [-0.3, -0.25) is 4.79 Å². The summed E-state index contributed by atoms with van der Waals surface area (Å²) < 4.78 is 16.4. The van der Waals surface area contributed by atoms with E-state index in [0.717, 1.165) is 43.9 Å². The van der Waals surface area contributed by atoms with Crippen LogP contribution in [-0.2, 0) is 9.47 Å². The summed E-state index contributed by atoms with van der Waals surface area (Å²) in [5, 5.41) is 6.61. The number of aryl methyl sites for hydroxylation is 1. The number of carbonyl (C=O) groups excluding carboxylic acids is 1. The number of hydrazine groups is 2. The number of nitrogens with zero attached hydrogens (tertiary/aromatic N) is 3. The number of hydrogen-bond donors (Lipinski definition) is 0. The topological polar surface area (TPSA) is 58.4 Å². The Bertz CT molecular complexity index is 461. The highest BCUT2D eigenvalue weighted by Crippen LogP contribution is 2.27. The van der Waals surface area contributed by atoms with E-state index in [2.05, 4.69) is 15.1 Å². The molecule has 0 aromatic carbocycles. The van der Waals surface area contributed by atoms with E-state index in [9.17, 15) is 4.79 Å². The molecule has 1 aromatic rings. The van der Waals surface area contributed by atoms with E-state index in [-0.39, 0.29) is 0 Å². The van der Waals surface area contributed by atoms with Gasteiger partial charge >= 0.3 is 0 Å². The molecule has 0 radical (unpaired) electrons. The maximum absolute atomic E-state index is 11.0. The second-order valence-corrected chi connectivity index (χ2v) is 5.13. The lowest BCUT2D eigenvalue weighted by atomic mass is 10.3. The van der Waals surface area contributed by atoms with Gasteiger partial charge in [-0.25, -0.2) is 15.1 Å². The SMILES string of the molecule is Cc1oc(C=O)cc1N(N1CCOCC1)N1CCOCC1. The highest BCUT2D eigenvalue weighted by molar-refractivity contribution is 5.74. The van der Waals surface area contributed by atoms with Crippen molar-refractivity contribution in [2.45, 2.75) is 6.92 Å². The van der Waals surface area contributed by atoms with E-state index >= 15 is 0 Å². The number of furan rings is 1. The number of anilines is 1. The van der Waals surface area contributed by atoms with Gasteiger partial charge in [0.25, 0.3) is 0 Å². The first-order valence-corrected chi connectivity index (χ1v) is 7.30. The molecule has 0 N–H and O–H groups in total. The molecule has 0 saturated carbocycles. The molecule has 1 aromatic heterocycles. The van der Waals surface area contributed by atoms with Gasteiger partial charge in [-0.15, -0.1) is 0 Å². The lowest BCUT2D eigenvalue weighted by Gasteiger charge is -2.45. The van der Waals surface area contributed by atoms with Crippen molar-refractivity contribution in [3.63, 3.8) is 0 Å². The average molecular weight is 295 g/mol. The van der Waals surface area contributed by atoms with Crippen molar-refractivity contribution in [3.05, 3.63) is 17.6 Å². The van der Waals surface area contributed by atoms with E-state index < -0.39 is 0 Å². The van der Waals surface area contributed by atoms with Crippen LogP contribution in [0.25, 0.3) is 0 Å². The second-order valence-electron chi connectivity index (χ2n) is 5.13. The van der Waals surface area contributed by atoms with Crippen molar-refractivity contribution in [3.8, 4) is 0 Å². The molecule has 7 nitrogen and oxygen atoms in total. The van der Waals surface area contributed by atoms with Crippen molar-refractivity contribution < 1.29 is 18.7 Å². The van der Waals surface area contributed by atoms with Gasteiger partial charge in [0, 0.05) is 32.2 Å². The number of morpholine rings is 2. The summed E-state index contributed by atoms with van der Waals surface area (Å²) in [4.78, 5) is 11.0. The normalized spacial score (nSPS) is 21.4. The van der Waals surface area contributed by atoms with E-state index in [4.69, 9.17) is 13.9 Å². The fourth-order valence-electron chi connectivity index (χ4n) is 2.72. The zero-order valence-electron chi connectivity index (χ0n) is 12.3. The van der Waals surface area contributed by atoms with E-state index in [1.165, 1.54) is 0 Å². The van der Waals surface area contributed by atoms with Crippen molar-refractivity contribution in [1.82, 2.24) is 10.0 Å². The van der Waals surface area contributed by atoms with Crippen LogP contribution in [-0.4, -0.2) is 68.9 Å². The first-order chi connectivity index (χ1) is 10.3. The van der Waals surface area contributed by atoms with Crippen LogP contribution in [0.2, 0.25) is 0 Å². The molecule has 0 spiro atoms. The Morgan fingerprint density at radius 1 is 1.05 bits per heavy atom. The van der Waals surface area contributed by atoms with E-state index in [0.29, 0.717) is 32.2 Å². The Hall–Kier alpha value is -1.41. The van der Waals surface area contributed by atoms with Gasteiger partial charge < -0.3 is 13.9 Å². The minimum Gasteiger partial charge on any atom is -0.456 e. The van der Waals surface area contributed by atoms with Crippen LogP contribution in [0.3, 0.4) is 0 Å². The van der Waals surface area contributed by atoms with Gasteiger partial charge in [0.05, 0.1) is 26.4 Å². The standard InChI is InChI=1S/C14H21N3O4/c1-12-14(10-13(11-18)21-12)17(15-2-6-19-7-3-15)16-4-8-20-9-5-16/h10-11H,2-9H2,1H3. The second kappa shape index (κ2) is 6.57. The van der Waals surface area contributed by atoms with Gasteiger partial charge in [-0.2, -0.15) is 0 Å². The molecule has 0 atom stereocenters. The van der Waals surface area contributed by atoms with Gasteiger partial charge in [0.2, 0.25) is 0 Å². The largest absolute Gasteiger partial charge is 0.456 e. The molecule has 21 heavy (non-hydrogen) atoms. The Morgan fingerprint density at radius 2 is 1.57 bits per heavy atom. The third-order valence-electron chi connectivity index (χ3n) is 3.75. The minimum absolute atomic E-state index is 0.356. The monoisotopic (exact) mass is 295 g/mol. The molecule has 7 heteroatoms. The third kappa shape index (κ3) is 3.11. The Morgan fingerprint density at radius 3 is 2.00 bits per heavy atom. The lowest BCUT2D eigenvalue weighted by Crippen LogP contribution is -2.59.